The van der Waals surface area contributed by atoms with E-state index in [0.29, 0.717) is 31.0 Å². The van der Waals surface area contributed by atoms with E-state index < -0.39 is 11.7 Å². The number of hydrogen-bond donors (Lipinski definition) is 0. The third-order valence-electron chi connectivity index (χ3n) is 5.38. The molecule has 2 aromatic carbocycles. The van der Waals surface area contributed by atoms with Crippen molar-refractivity contribution in [3.05, 3.63) is 71.4 Å². The van der Waals surface area contributed by atoms with Gasteiger partial charge in [-0.2, -0.15) is 18.2 Å². The Morgan fingerprint density at radius 2 is 1.79 bits per heavy atom. The first-order chi connectivity index (χ1) is 16.0. The van der Waals surface area contributed by atoms with E-state index in [4.69, 9.17) is 14.5 Å². The molecular weight excluding hydrogens is 451 g/mol. The number of aromatic nitrogens is 2. The van der Waals surface area contributed by atoms with Crippen molar-refractivity contribution in [2.45, 2.75) is 12.7 Å². The van der Waals surface area contributed by atoms with Crippen LogP contribution in [-0.2, 0) is 17.5 Å². The first-order valence-corrected chi connectivity index (χ1v) is 11.3. The van der Waals surface area contributed by atoms with Gasteiger partial charge in [-0.15, -0.1) is 11.3 Å². The Morgan fingerprint density at radius 3 is 2.55 bits per heavy atom. The molecule has 2 aromatic heterocycles. The Hall–Kier alpha value is -3.01. The molecule has 5 rings (SSSR count). The van der Waals surface area contributed by atoms with Crippen molar-refractivity contribution in [1.29, 1.82) is 0 Å². The molecule has 3 heterocycles. The number of hydrogen-bond acceptors (Lipinski definition) is 6. The van der Waals surface area contributed by atoms with Gasteiger partial charge in [-0.3, -0.25) is 4.90 Å². The van der Waals surface area contributed by atoms with Crippen molar-refractivity contribution in [3.63, 3.8) is 0 Å². The van der Waals surface area contributed by atoms with E-state index in [9.17, 15) is 13.2 Å². The maximum atomic E-state index is 13.2. The van der Waals surface area contributed by atoms with Gasteiger partial charge in [0, 0.05) is 24.0 Å². The van der Waals surface area contributed by atoms with Crippen LogP contribution in [0, 0.1) is 0 Å². The molecule has 1 aliphatic heterocycles. The number of halogens is 3. The summed E-state index contributed by atoms with van der Waals surface area (Å²) in [6.45, 7) is 3.34. The SMILES string of the molecule is FC(F)(F)c1cccc(Oc2nc(CN3CCOCC3)nc3scc(-c4ccccc4)c23)c1. The molecule has 1 aliphatic rings. The lowest BCUT2D eigenvalue weighted by Gasteiger charge is -2.25. The van der Waals surface area contributed by atoms with Gasteiger partial charge in [-0.1, -0.05) is 36.4 Å². The molecule has 33 heavy (non-hydrogen) atoms. The number of benzene rings is 2. The summed E-state index contributed by atoms with van der Waals surface area (Å²) in [5, 5.41) is 2.67. The number of morpholine rings is 1. The fourth-order valence-corrected chi connectivity index (χ4v) is 4.69. The van der Waals surface area contributed by atoms with E-state index in [0.717, 1.165) is 41.2 Å². The lowest BCUT2D eigenvalue weighted by molar-refractivity contribution is -0.137. The van der Waals surface area contributed by atoms with Crippen molar-refractivity contribution in [2.24, 2.45) is 0 Å². The predicted molar refractivity (Wildman–Crippen MR) is 120 cm³/mol. The number of fused-ring (bicyclic) bond motifs is 1. The maximum Gasteiger partial charge on any atom is 0.416 e. The molecule has 9 heteroatoms. The fourth-order valence-electron chi connectivity index (χ4n) is 3.73. The normalized spacial score (nSPS) is 15.1. The molecular formula is C24H20F3N3O2S. The number of nitrogens with zero attached hydrogens (tertiary/aromatic N) is 3. The highest BCUT2D eigenvalue weighted by Gasteiger charge is 2.31. The smallest absolute Gasteiger partial charge is 0.416 e. The van der Waals surface area contributed by atoms with Gasteiger partial charge in [0.1, 0.15) is 16.4 Å². The molecule has 170 valence electrons. The molecule has 0 aliphatic carbocycles. The molecule has 0 spiro atoms. The largest absolute Gasteiger partial charge is 0.438 e. The lowest BCUT2D eigenvalue weighted by atomic mass is 10.1. The Morgan fingerprint density at radius 1 is 1.00 bits per heavy atom. The molecule has 0 amide bonds. The zero-order valence-corrected chi connectivity index (χ0v) is 18.3. The highest BCUT2D eigenvalue weighted by atomic mass is 32.1. The van der Waals surface area contributed by atoms with Crippen molar-refractivity contribution in [2.75, 3.05) is 26.3 Å². The van der Waals surface area contributed by atoms with Gasteiger partial charge in [0.2, 0.25) is 5.88 Å². The van der Waals surface area contributed by atoms with Gasteiger partial charge in [0.25, 0.3) is 0 Å². The van der Waals surface area contributed by atoms with Gasteiger partial charge >= 0.3 is 6.18 Å². The average molecular weight is 472 g/mol. The molecule has 0 bridgehead atoms. The van der Waals surface area contributed by atoms with Gasteiger partial charge in [-0.05, 0) is 23.8 Å². The summed E-state index contributed by atoms with van der Waals surface area (Å²) >= 11 is 1.46. The van der Waals surface area contributed by atoms with E-state index in [-0.39, 0.29) is 11.6 Å². The zero-order valence-electron chi connectivity index (χ0n) is 17.5. The molecule has 0 saturated carbocycles. The van der Waals surface area contributed by atoms with Crippen LogP contribution in [0.1, 0.15) is 11.4 Å². The number of rotatable bonds is 5. The molecule has 5 nitrogen and oxygen atoms in total. The summed E-state index contributed by atoms with van der Waals surface area (Å²) in [7, 11) is 0. The van der Waals surface area contributed by atoms with Crippen LogP contribution in [0.5, 0.6) is 11.6 Å². The maximum absolute atomic E-state index is 13.2. The Kier molecular flexibility index (Phi) is 6.01. The highest BCUT2D eigenvalue weighted by Crippen LogP contribution is 2.40. The monoisotopic (exact) mass is 471 g/mol. The fraction of sp³-hybridized carbons (Fsp3) is 0.250. The van der Waals surface area contributed by atoms with Crippen LogP contribution >= 0.6 is 11.3 Å². The molecule has 0 radical (unpaired) electrons. The van der Waals surface area contributed by atoms with Crippen molar-refractivity contribution in [1.82, 2.24) is 14.9 Å². The van der Waals surface area contributed by atoms with E-state index >= 15 is 0 Å². The summed E-state index contributed by atoms with van der Waals surface area (Å²) in [5.41, 5.74) is 1.07. The van der Waals surface area contributed by atoms with Crippen molar-refractivity contribution < 1.29 is 22.6 Å². The van der Waals surface area contributed by atoms with E-state index in [1.165, 1.54) is 23.5 Å². The topological polar surface area (TPSA) is 47.5 Å². The van der Waals surface area contributed by atoms with Crippen LogP contribution in [0.3, 0.4) is 0 Å². The standard InChI is InChI=1S/C24H20F3N3O2S/c25-24(26,27)17-7-4-8-18(13-17)32-22-21-19(16-5-2-1-3-6-16)15-33-23(21)29-20(28-22)14-30-9-11-31-12-10-30/h1-8,13,15H,9-12,14H2. The minimum absolute atomic E-state index is 0.0763. The number of thiophene rings is 1. The van der Waals surface area contributed by atoms with Gasteiger partial charge < -0.3 is 9.47 Å². The van der Waals surface area contributed by atoms with E-state index in [1.54, 1.807) is 0 Å². The predicted octanol–water partition coefficient (Wildman–Crippen LogP) is 6.00. The first kappa shape index (κ1) is 21.8. The average Bonchev–Trinajstić information content (AvgIpc) is 3.24. The summed E-state index contributed by atoms with van der Waals surface area (Å²) < 4.78 is 51.1. The highest BCUT2D eigenvalue weighted by molar-refractivity contribution is 7.17. The van der Waals surface area contributed by atoms with Crippen LogP contribution in [-0.4, -0.2) is 41.2 Å². The second-order valence-electron chi connectivity index (χ2n) is 7.66. The van der Waals surface area contributed by atoms with E-state index in [1.807, 2.05) is 35.7 Å². The summed E-state index contributed by atoms with van der Waals surface area (Å²) in [6.07, 6.45) is -4.46. The number of ether oxygens (including phenoxy) is 2. The summed E-state index contributed by atoms with van der Waals surface area (Å²) in [5.74, 6) is 0.892. The Balaban J connectivity index is 1.58. The second kappa shape index (κ2) is 9.09. The van der Waals surface area contributed by atoms with Gasteiger partial charge in [-0.25, -0.2) is 4.98 Å². The van der Waals surface area contributed by atoms with Crippen LogP contribution in [0.25, 0.3) is 21.3 Å². The van der Waals surface area contributed by atoms with Crippen LogP contribution < -0.4 is 4.74 Å². The Labute approximate surface area is 192 Å². The van der Waals surface area contributed by atoms with Crippen molar-refractivity contribution in [3.8, 4) is 22.8 Å². The molecule has 1 fully saturated rings. The van der Waals surface area contributed by atoms with Crippen LogP contribution in [0.4, 0.5) is 13.2 Å². The molecule has 0 atom stereocenters. The minimum atomic E-state index is -4.46. The van der Waals surface area contributed by atoms with Crippen LogP contribution in [0.15, 0.2) is 60.0 Å². The van der Waals surface area contributed by atoms with Crippen LogP contribution in [0.2, 0.25) is 0 Å². The quantitative estimate of drug-likeness (QED) is 0.357. The third kappa shape index (κ3) is 4.85. The lowest BCUT2D eigenvalue weighted by Crippen LogP contribution is -2.36. The zero-order chi connectivity index (χ0) is 22.8. The Bertz CT molecular complexity index is 1260. The molecule has 4 aromatic rings. The van der Waals surface area contributed by atoms with Gasteiger partial charge in [0.05, 0.1) is 30.7 Å². The molecule has 0 N–H and O–H groups in total. The second-order valence-corrected chi connectivity index (χ2v) is 8.51. The molecule has 1 saturated heterocycles. The number of alkyl halides is 3. The summed E-state index contributed by atoms with van der Waals surface area (Å²) in [6, 6.07) is 14.6. The van der Waals surface area contributed by atoms with E-state index in [2.05, 4.69) is 9.88 Å². The minimum Gasteiger partial charge on any atom is -0.438 e. The van der Waals surface area contributed by atoms with Crippen molar-refractivity contribution >= 4 is 21.6 Å². The van der Waals surface area contributed by atoms with Gasteiger partial charge in [0.15, 0.2) is 0 Å². The third-order valence-corrected chi connectivity index (χ3v) is 6.25. The summed E-state index contributed by atoms with van der Waals surface area (Å²) in [4.78, 5) is 12.3. The molecule has 0 unspecified atom stereocenters. The first-order valence-electron chi connectivity index (χ1n) is 10.5.